The number of carbonyl (C=O) groups is 1. The maximum atomic E-state index is 10.7. The molecule has 1 heterocycles. The first kappa shape index (κ1) is 12.1. The number of nitrogens with zero attached hydrogens (tertiary/aromatic N) is 3. The van der Waals surface area contributed by atoms with Crippen LogP contribution in [0.15, 0.2) is 36.7 Å². The third-order valence-electron chi connectivity index (χ3n) is 2.25. The molecule has 1 atom stereocenters. The van der Waals surface area contributed by atoms with Crippen molar-refractivity contribution in [1.29, 1.82) is 0 Å². The van der Waals surface area contributed by atoms with Gasteiger partial charge in [-0.2, -0.15) is 4.98 Å². The van der Waals surface area contributed by atoms with Gasteiger partial charge in [0, 0.05) is 0 Å². The van der Waals surface area contributed by atoms with Gasteiger partial charge in [0.1, 0.15) is 19.0 Å². The smallest absolute Gasteiger partial charge is 0.335 e. The van der Waals surface area contributed by atoms with E-state index in [2.05, 4.69) is 10.1 Å². The van der Waals surface area contributed by atoms with Crippen molar-refractivity contribution in [3.8, 4) is 11.7 Å². The van der Waals surface area contributed by atoms with E-state index in [1.807, 2.05) is 30.3 Å². The minimum Gasteiger partial charge on any atom is -0.460 e. The van der Waals surface area contributed by atoms with E-state index in [9.17, 15) is 4.79 Å². The number of primary amides is 1. The minimum atomic E-state index is -0.867. The van der Waals surface area contributed by atoms with Gasteiger partial charge in [-0.15, -0.1) is 5.10 Å². The van der Waals surface area contributed by atoms with Crippen LogP contribution in [0, 0.1) is 0 Å². The Hall–Kier alpha value is -2.41. The molecule has 0 aliphatic heterocycles. The number of rotatable bonds is 5. The zero-order chi connectivity index (χ0) is 13.0. The second kappa shape index (κ2) is 5.28. The number of benzene rings is 1. The molecule has 2 aromatic rings. The molecule has 18 heavy (non-hydrogen) atoms. The second-order valence-corrected chi connectivity index (χ2v) is 3.63. The summed E-state index contributed by atoms with van der Waals surface area (Å²) < 4.78 is 6.72. The second-order valence-electron chi connectivity index (χ2n) is 3.63. The van der Waals surface area contributed by atoms with Crippen LogP contribution in [0.3, 0.4) is 0 Å². The molecule has 1 aromatic heterocycles. The van der Waals surface area contributed by atoms with Crippen molar-refractivity contribution in [1.82, 2.24) is 14.8 Å². The summed E-state index contributed by atoms with van der Waals surface area (Å²) in [4.78, 5) is 14.7. The molecule has 4 N–H and O–H groups in total. The van der Waals surface area contributed by atoms with Gasteiger partial charge >= 0.3 is 6.01 Å². The van der Waals surface area contributed by atoms with E-state index in [1.165, 1.54) is 6.33 Å². The van der Waals surface area contributed by atoms with E-state index in [0.717, 1.165) is 5.69 Å². The van der Waals surface area contributed by atoms with Crippen LogP contribution in [0.4, 0.5) is 0 Å². The van der Waals surface area contributed by atoms with Crippen molar-refractivity contribution in [2.75, 3.05) is 6.61 Å². The predicted octanol–water partition coefficient (Wildman–Crippen LogP) is -0.541. The van der Waals surface area contributed by atoms with Crippen LogP contribution in [0.5, 0.6) is 6.01 Å². The van der Waals surface area contributed by atoms with Gasteiger partial charge in [-0.1, -0.05) is 18.2 Å². The van der Waals surface area contributed by atoms with E-state index in [4.69, 9.17) is 16.2 Å². The van der Waals surface area contributed by atoms with Crippen molar-refractivity contribution in [2.45, 2.75) is 6.04 Å². The third kappa shape index (κ3) is 2.83. The van der Waals surface area contributed by atoms with Gasteiger partial charge in [0.15, 0.2) is 0 Å². The van der Waals surface area contributed by atoms with Crippen LogP contribution in [0.2, 0.25) is 0 Å². The molecule has 0 bridgehead atoms. The summed E-state index contributed by atoms with van der Waals surface area (Å²) in [6.07, 6.45) is 1.51. The summed E-state index contributed by atoms with van der Waals surface area (Å²) in [5.74, 6) is -0.627. The molecule has 0 saturated heterocycles. The van der Waals surface area contributed by atoms with E-state index in [0.29, 0.717) is 0 Å². The molecule has 0 radical (unpaired) electrons. The highest BCUT2D eigenvalue weighted by molar-refractivity contribution is 5.79. The van der Waals surface area contributed by atoms with Crippen LogP contribution < -0.4 is 16.2 Å². The van der Waals surface area contributed by atoms with Crippen LogP contribution in [-0.4, -0.2) is 33.3 Å². The van der Waals surface area contributed by atoms with Gasteiger partial charge in [0.05, 0.1) is 5.69 Å². The molecule has 2 rings (SSSR count). The Kier molecular flexibility index (Phi) is 3.54. The number of carbonyl (C=O) groups excluding carboxylic acids is 1. The summed E-state index contributed by atoms with van der Waals surface area (Å²) in [5.41, 5.74) is 11.3. The number of ether oxygens (including phenoxy) is 1. The molecule has 1 unspecified atom stereocenters. The molecular formula is C11H13N5O2. The molecule has 0 saturated carbocycles. The molecule has 94 valence electrons. The van der Waals surface area contributed by atoms with E-state index < -0.39 is 11.9 Å². The SMILES string of the molecule is NC(=O)C(N)COc1ncn(-c2ccccc2)n1. The Morgan fingerprint density at radius 3 is 2.78 bits per heavy atom. The summed E-state index contributed by atoms with van der Waals surface area (Å²) in [5, 5.41) is 4.09. The monoisotopic (exact) mass is 247 g/mol. The van der Waals surface area contributed by atoms with Crippen LogP contribution in [-0.2, 0) is 4.79 Å². The first-order chi connectivity index (χ1) is 8.66. The summed E-state index contributed by atoms with van der Waals surface area (Å²) >= 11 is 0. The number of hydrogen-bond acceptors (Lipinski definition) is 5. The van der Waals surface area contributed by atoms with Crippen molar-refractivity contribution < 1.29 is 9.53 Å². The lowest BCUT2D eigenvalue weighted by molar-refractivity contribution is -0.119. The van der Waals surface area contributed by atoms with E-state index >= 15 is 0 Å². The van der Waals surface area contributed by atoms with Gasteiger partial charge in [0.2, 0.25) is 5.91 Å². The maximum Gasteiger partial charge on any atom is 0.335 e. The zero-order valence-electron chi connectivity index (χ0n) is 9.56. The fourth-order valence-electron chi connectivity index (χ4n) is 1.27. The fraction of sp³-hybridized carbons (Fsp3) is 0.182. The molecule has 0 spiro atoms. The Morgan fingerprint density at radius 1 is 1.39 bits per heavy atom. The quantitative estimate of drug-likeness (QED) is 0.737. The molecule has 0 aliphatic carbocycles. The molecule has 0 fully saturated rings. The Bertz CT molecular complexity index is 525. The Morgan fingerprint density at radius 2 is 2.11 bits per heavy atom. The van der Waals surface area contributed by atoms with Crippen LogP contribution >= 0.6 is 0 Å². The number of para-hydroxylation sites is 1. The highest BCUT2D eigenvalue weighted by Crippen LogP contribution is 2.08. The average Bonchev–Trinajstić information content (AvgIpc) is 2.85. The number of hydrogen-bond donors (Lipinski definition) is 2. The van der Waals surface area contributed by atoms with Crippen molar-refractivity contribution >= 4 is 5.91 Å². The molecule has 1 aromatic carbocycles. The van der Waals surface area contributed by atoms with Gasteiger partial charge in [-0.05, 0) is 12.1 Å². The first-order valence-electron chi connectivity index (χ1n) is 5.31. The normalized spacial score (nSPS) is 12.1. The molecule has 0 aliphatic rings. The Balaban J connectivity index is 2.01. The Labute approximate surface area is 103 Å². The van der Waals surface area contributed by atoms with Crippen LogP contribution in [0.1, 0.15) is 0 Å². The lowest BCUT2D eigenvalue weighted by atomic mass is 10.3. The van der Waals surface area contributed by atoms with Crippen molar-refractivity contribution in [3.05, 3.63) is 36.7 Å². The largest absolute Gasteiger partial charge is 0.460 e. The molecule has 7 heteroatoms. The minimum absolute atomic E-state index is 0.0475. The highest BCUT2D eigenvalue weighted by atomic mass is 16.5. The van der Waals surface area contributed by atoms with Gasteiger partial charge in [0.25, 0.3) is 0 Å². The zero-order valence-corrected chi connectivity index (χ0v) is 9.56. The number of amides is 1. The predicted molar refractivity (Wildman–Crippen MR) is 64.0 cm³/mol. The fourth-order valence-corrected chi connectivity index (χ4v) is 1.27. The van der Waals surface area contributed by atoms with Gasteiger partial charge in [-0.25, -0.2) is 4.68 Å². The molecular weight excluding hydrogens is 234 g/mol. The summed E-state index contributed by atoms with van der Waals surface area (Å²) in [6, 6.07) is 8.73. The lowest BCUT2D eigenvalue weighted by Gasteiger charge is -2.06. The highest BCUT2D eigenvalue weighted by Gasteiger charge is 2.11. The molecule has 1 amide bonds. The average molecular weight is 247 g/mol. The lowest BCUT2D eigenvalue weighted by Crippen LogP contribution is -2.41. The van der Waals surface area contributed by atoms with Crippen LogP contribution in [0.25, 0.3) is 5.69 Å². The summed E-state index contributed by atoms with van der Waals surface area (Å²) in [6.45, 7) is -0.0475. The standard InChI is InChI=1S/C11H13N5O2/c12-9(10(13)17)6-18-11-14-7-16(15-11)8-4-2-1-3-5-8/h1-5,7,9H,6,12H2,(H2,13,17). The molecule has 7 nitrogen and oxygen atoms in total. The summed E-state index contributed by atoms with van der Waals surface area (Å²) in [7, 11) is 0. The van der Waals surface area contributed by atoms with Crippen molar-refractivity contribution in [3.63, 3.8) is 0 Å². The number of aromatic nitrogens is 3. The van der Waals surface area contributed by atoms with E-state index in [1.54, 1.807) is 4.68 Å². The number of nitrogens with two attached hydrogens (primary N) is 2. The maximum absolute atomic E-state index is 10.7. The third-order valence-corrected chi connectivity index (χ3v) is 2.25. The topological polar surface area (TPSA) is 109 Å². The van der Waals surface area contributed by atoms with Gasteiger partial charge in [-0.3, -0.25) is 4.79 Å². The first-order valence-corrected chi connectivity index (χ1v) is 5.31. The van der Waals surface area contributed by atoms with Gasteiger partial charge < -0.3 is 16.2 Å². The van der Waals surface area contributed by atoms with Crippen molar-refractivity contribution in [2.24, 2.45) is 11.5 Å². The van der Waals surface area contributed by atoms with E-state index in [-0.39, 0.29) is 12.6 Å².